The Hall–Kier alpha value is -1.91. The molecule has 0 atom stereocenters. The Kier molecular flexibility index (Phi) is 2.60. The fourth-order valence-corrected chi connectivity index (χ4v) is 1.41. The molecule has 0 amide bonds. The highest BCUT2D eigenvalue weighted by Gasteiger charge is 2.07. The van der Waals surface area contributed by atoms with Crippen molar-refractivity contribution in [3.05, 3.63) is 30.0 Å². The third kappa shape index (κ3) is 2.03. The molecule has 0 radical (unpaired) electrons. The van der Waals surface area contributed by atoms with E-state index in [1.54, 1.807) is 17.1 Å². The molecule has 2 heterocycles. The molecule has 0 aliphatic heterocycles. The summed E-state index contributed by atoms with van der Waals surface area (Å²) >= 11 is 0. The first-order chi connectivity index (χ1) is 7.56. The summed E-state index contributed by atoms with van der Waals surface area (Å²) < 4.78 is 1.66. The Morgan fingerprint density at radius 1 is 1.31 bits per heavy atom. The van der Waals surface area contributed by atoms with Gasteiger partial charge < -0.3 is 5.73 Å². The van der Waals surface area contributed by atoms with E-state index in [0.29, 0.717) is 11.6 Å². The number of aromatic nitrogens is 4. The number of nitrogens with zero attached hydrogens (tertiary/aromatic N) is 4. The van der Waals surface area contributed by atoms with Crippen molar-refractivity contribution in [2.24, 2.45) is 0 Å². The molecule has 0 saturated heterocycles. The fourth-order valence-electron chi connectivity index (χ4n) is 1.41. The molecular formula is C11H15N5. The van der Waals surface area contributed by atoms with Crippen LogP contribution in [0.15, 0.2) is 18.5 Å². The first-order valence-electron chi connectivity index (χ1n) is 5.22. The highest BCUT2D eigenvalue weighted by Crippen LogP contribution is 2.13. The molecule has 5 nitrogen and oxygen atoms in total. The minimum absolute atomic E-state index is 0.298. The van der Waals surface area contributed by atoms with Crippen molar-refractivity contribution in [2.45, 2.75) is 26.7 Å². The smallest absolute Gasteiger partial charge is 0.157 e. The summed E-state index contributed by atoms with van der Waals surface area (Å²) in [6.07, 6.45) is 3.35. The van der Waals surface area contributed by atoms with Crippen LogP contribution in [0.25, 0.3) is 5.82 Å². The van der Waals surface area contributed by atoms with E-state index in [0.717, 1.165) is 17.3 Å². The molecule has 5 heteroatoms. The van der Waals surface area contributed by atoms with Crippen LogP contribution in [0.3, 0.4) is 0 Å². The van der Waals surface area contributed by atoms with Crippen LogP contribution in [0.2, 0.25) is 0 Å². The third-order valence-electron chi connectivity index (χ3n) is 2.21. The van der Waals surface area contributed by atoms with Crippen LogP contribution in [0.5, 0.6) is 0 Å². The van der Waals surface area contributed by atoms with Gasteiger partial charge >= 0.3 is 0 Å². The van der Waals surface area contributed by atoms with E-state index in [-0.39, 0.29) is 0 Å². The van der Waals surface area contributed by atoms with E-state index < -0.39 is 0 Å². The highest BCUT2D eigenvalue weighted by atomic mass is 15.3. The number of hydrogen-bond acceptors (Lipinski definition) is 4. The van der Waals surface area contributed by atoms with Crippen molar-refractivity contribution in [3.8, 4) is 5.82 Å². The predicted molar refractivity (Wildman–Crippen MR) is 62.4 cm³/mol. The Balaban J connectivity index is 2.49. The van der Waals surface area contributed by atoms with Crippen molar-refractivity contribution < 1.29 is 0 Å². The zero-order chi connectivity index (χ0) is 11.7. The van der Waals surface area contributed by atoms with Gasteiger partial charge in [-0.2, -0.15) is 5.10 Å². The minimum atomic E-state index is 0.298. The molecular weight excluding hydrogens is 202 g/mol. The third-order valence-corrected chi connectivity index (χ3v) is 2.21. The van der Waals surface area contributed by atoms with Gasteiger partial charge in [0.15, 0.2) is 5.82 Å². The molecule has 2 rings (SSSR count). The van der Waals surface area contributed by atoms with Gasteiger partial charge in [0.05, 0.1) is 18.1 Å². The summed E-state index contributed by atoms with van der Waals surface area (Å²) in [7, 11) is 0. The fraction of sp³-hybridized carbons (Fsp3) is 0.364. The number of anilines is 1. The Morgan fingerprint density at radius 2 is 2.06 bits per heavy atom. The van der Waals surface area contributed by atoms with E-state index in [4.69, 9.17) is 5.73 Å². The zero-order valence-corrected chi connectivity index (χ0v) is 9.68. The summed E-state index contributed by atoms with van der Waals surface area (Å²) in [5.74, 6) is 1.88. The molecule has 2 N–H and O–H groups in total. The molecule has 84 valence electrons. The lowest BCUT2D eigenvalue weighted by molar-refractivity contribution is 0.738. The van der Waals surface area contributed by atoms with Crippen molar-refractivity contribution >= 4 is 5.69 Å². The first kappa shape index (κ1) is 10.6. The summed E-state index contributed by atoms with van der Waals surface area (Å²) in [4.78, 5) is 8.83. The lowest BCUT2D eigenvalue weighted by atomic mass is 10.2. The van der Waals surface area contributed by atoms with E-state index in [1.165, 1.54) is 0 Å². The van der Waals surface area contributed by atoms with Crippen LogP contribution in [-0.4, -0.2) is 19.7 Å². The Morgan fingerprint density at radius 3 is 2.62 bits per heavy atom. The van der Waals surface area contributed by atoms with Crippen LogP contribution >= 0.6 is 0 Å². The van der Waals surface area contributed by atoms with E-state index in [2.05, 4.69) is 28.9 Å². The monoisotopic (exact) mass is 217 g/mol. The van der Waals surface area contributed by atoms with Crippen LogP contribution in [0.1, 0.15) is 31.3 Å². The Labute approximate surface area is 94.3 Å². The van der Waals surface area contributed by atoms with E-state index >= 15 is 0 Å². The van der Waals surface area contributed by atoms with Gasteiger partial charge in [0.1, 0.15) is 5.82 Å². The van der Waals surface area contributed by atoms with Gasteiger partial charge in [-0.05, 0) is 6.92 Å². The van der Waals surface area contributed by atoms with E-state index in [9.17, 15) is 0 Å². The minimum Gasteiger partial charge on any atom is -0.396 e. The molecule has 0 aliphatic rings. The molecule has 2 aromatic heterocycles. The van der Waals surface area contributed by atoms with Crippen molar-refractivity contribution in [1.82, 2.24) is 19.7 Å². The number of hydrogen-bond donors (Lipinski definition) is 1. The molecule has 0 saturated carbocycles. The van der Waals surface area contributed by atoms with Gasteiger partial charge in [0.2, 0.25) is 0 Å². The topological polar surface area (TPSA) is 69.6 Å². The molecule has 0 fully saturated rings. The maximum absolute atomic E-state index is 5.63. The van der Waals surface area contributed by atoms with Crippen LogP contribution in [0.4, 0.5) is 5.69 Å². The second-order valence-corrected chi connectivity index (χ2v) is 4.10. The standard InChI is InChI=1S/C11H15N5/c1-7(2)11-14-8(3)4-10(15-11)16-6-9(12)5-13-16/h4-7H,12H2,1-3H3. The number of nitrogen functional groups attached to an aromatic ring is 1. The molecule has 0 spiro atoms. The van der Waals surface area contributed by atoms with E-state index in [1.807, 2.05) is 13.0 Å². The molecule has 0 unspecified atom stereocenters. The second-order valence-electron chi connectivity index (χ2n) is 4.10. The first-order valence-corrected chi connectivity index (χ1v) is 5.22. The van der Waals surface area contributed by atoms with Gasteiger partial charge in [-0.3, -0.25) is 0 Å². The maximum atomic E-state index is 5.63. The van der Waals surface area contributed by atoms with Gasteiger partial charge in [-0.1, -0.05) is 13.8 Å². The van der Waals surface area contributed by atoms with Crippen LogP contribution in [-0.2, 0) is 0 Å². The summed E-state index contributed by atoms with van der Waals surface area (Å²) in [6.45, 7) is 6.08. The zero-order valence-electron chi connectivity index (χ0n) is 9.68. The number of rotatable bonds is 2. The second kappa shape index (κ2) is 3.92. The predicted octanol–water partition coefficient (Wildman–Crippen LogP) is 1.68. The summed E-state index contributed by atoms with van der Waals surface area (Å²) in [5.41, 5.74) is 7.19. The summed E-state index contributed by atoms with van der Waals surface area (Å²) in [5, 5.41) is 4.13. The lowest BCUT2D eigenvalue weighted by Gasteiger charge is -2.07. The van der Waals surface area contributed by atoms with Crippen molar-refractivity contribution in [1.29, 1.82) is 0 Å². The normalized spacial score (nSPS) is 11.0. The quantitative estimate of drug-likeness (QED) is 0.830. The average Bonchev–Trinajstić information content (AvgIpc) is 2.64. The highest BCUT2D eigenvalue weighted by molar-refractivity contribution is 5.35. The van der Waals surface area contributed by atoms with Gasteiger partial charge in [0, 0.05) is 17.7 Å². The van der Waals surface area contributed by atoms with Crippen LogP contribution in [0, 0.1) is 6.92 Å². The molecule has 16 heavy (non-hydrogen) atoms. The number of aryl methyl sites for hydroxylation is 1. The lowest BCUT2D eigenvalue weighted by Crippen LogP contribution is -2.06. The average molecular weight is 217 g/mol. The van der Waals surface area contributed by atoms with Gasteiger partial charge in [0.25, 0.3) is 0 Å². The van der Waals surface area contributed by atoms with Crippen molar-refractivity contribution in [3.63, 3.8) is 0 Å². The largest absolute Gasteiger partial charge is 0.396 e. The Bertz CT molecular complexity index is 501. The SMILES string of the molecule is Cc1cc(-n2cc(N)cn2)nc(C(C)C)n1. The molecule has 0 bridgehead atoms. The molecule has 0 aromatic carbocycles. The van der Waals surface area contributed by atoms with Gasteiger partial charge in [-0.25, -0.2) is 14.6 Å². The summed E-state index contributed by atoms with van der Waals surface area (Å²) in [6, 6.07) is 1.89. The van der Waals surface area contributed by atoms with Gasteiger partial charge in [-0.15, -0.1) is 0 Å². The maximum Gasteiger partial charge on any atom is 0.157 e. The molecule has 0 aliphatic carbocycles. The molecule has 2 aromatic rings. The van der Waals surface area contributed by atoms with Crippen molar-refractivity contribution in [2.75, 3.05) is 5.73 Å². The number of nitrogens with two attached hydrogens (primary N) is 1. The van der Waals surface area contributed by atoms with Crippen LogP contribution < -0.4 is 5.73 Å².